The second-order valence-electron chi connectivity index (χ2n) is 7.25. The summed E-state index contributed by atoms with van der Waals surface area (Å²) in [5, 5.41) is 17.1. The first-order chi connectivity index (χ1) is 13.1. The monoisotopic (exact) mass is 368 g/mol. The van der Waals surface area contributed by atoms with Crippen LogP contribution in [-0.4, -0.2) is 53.4 Å². The van der Waals surface area contributed by atoms with E-state index >= 15 is 0 Å². The SMILES string of the molecule is Cc1cccn2c(CC(=O)N3CCC[C@@H](Cn4cc(CO)nn4)C3)cnc12. The van der Waals surface area contributed by atoms with Crippen LogP contribution in [0.4, 0.5) is 0 Å². The summed E-state index contributed by atoms with van der Waals surface area (Å²) in [6.45, 7) is 4.16. The molecule has 27 heavy (non-hydrogen) atoms. The van der Waals surface area contributed by atoms with Crippen molar-refractivity contribution in [3.05, 3.63) is 47.7 Å². The number of hydrogen-bond acceptors (Lipinski definition) is 5. The van der Waals surface area contributed by atoms with Crippen molar-refractivity contribution in [2.75, 3.05) is 13.1 Å². The molecule has 3 aromatic rings. The molecule has 8 heteroatoms. The molecule has 4 rings (SSSR count). The molecule has 8 nitrogen and oxygen atoms in total. The van der Waals surface area contributed by atoms with E-state index in [0.29, 0.717) is 24.6 Å². The van der Waals surface area contributed by atoms with Gasteiger partial charge in [-0.3, -0.25) is 9.48 Å². The van der Waals surface area contributed by atoms with Crippen molar-refractivity contribution >= 4 is 11.6 Å². The van der Waals surface area contributed by atoms with E-state index in [1.807, 2.05) is 34.6 Å². The van der Waals surface area contributed by atoms with E-state index in [1.165, 1.54) is 0 Å². The molecule has 3 aromatic heterocycles. The highest BCUT2D eigenvalue weighted by molar-refractivity contribution is 5.78. The maximum Gasteiger partial charge on any atom is 0.228 e. The highest BCUT2D eigenvalue weighted by atomic mass is 16.3. The number of amides is 1. The van der Waals surface area contributed by atoms with Gasteiger partial charge in [-0.15, -0.1) is 5.10 Å². The van der Waals surface area contributed by atoms with E-state index in [2.05, 4.69) is 15.3 Å². The Labute approximate surface area is 157 Å². The molecular formula is C19H24N6O2. The lowest BCUT2D eigenvalue weighted by Gasteiger charge is -2.32. The second kappa shape index (κ2) is 7.48. The number of aliphatic hydroxyl groups is 1. The Morgan fingerprint density at radius 3 is 3.11 bits per heavy atom. The number of carbonyl (C=O) groups is 1. The lowest BCUT2D eigenvalue weighted by atomic mass is 9.97. The number of aromatic nitrogens is 5. The molecular weight excluding hydrogens is 344 g/mol. The van der Waals surface area contributed by atoms with E-state index in [9.17, 15) is 4.79 Å². The number of rotatable bonds is 5. The average molecular weight is 368 g/mol. The van der Waals surface area contributed by atoms with Gasteiger partial charge in [-0.05, 0) is 37.3 Å². The van der Waals surface area contributed by atoms with Crippen LogP contribution < -0.4 is 0 Å². The Hall–Kier alpha value is -2.74. The molecule has 1 fully saturated rings. The highest BCUT2D eigenvalue weighted by Crippen LogP contribution is 2.20. The minimum absolute atomic E-state index is 0.103. The van der Waals surface area contributed by atoms with Crippen molar-refractivity contribution in [3.8, 4) is 0 Å². The molecule has 1 aliphatic heterocycles. The number of nitrogens with zero attached hydrogens (tertiary/aromatic N) is 6. The molecule has 0 saturated carbocycles. The topological polar surface area (TPSA) is 88.5 Å². The zero-order valence-electron chi connectivity index (χ0n) is 15.5. The van der Waals surface area contributed by atoms with Crippen LogP contribution in [0.3, 0.4) is 0 Å². The van der Waals surface area contributed by atoms with Gasteiger partial charge in [-0.2, -0.15) is 0 Å². The molecule has 0 aromatic carbocycles. The van der Waals surface area contributed by atoms with E-state index in [-0.39, 0.29) is 12.5 Å². The zero-order valence-corrected chi connectivity index (χ0v) is 15.5. The van der Waals surface area contributed by atoms with Crippen molar-refractivity contribution in [2.45, 2.75) is 39.3 Å². The second-order valence-corrected chi connectivity index (χ2v) is 7.25. The van der Waals surface area contributed by atoms with E-state index in [4.69, 9.17) is 5.11 Å². The third-order valence-corrected chi connectivity index (χ3v) is 5.20. The van der Waals surface area contributed by atoms with Gasteiger partial charge in [0.15, 0.2) is 0 Å². The zero-order chi connectivity index (χ0) is 18.8. The molecule has 0 unspecified atom stereocenters. The van der Waals surface area contributed by atoms with Crippen molar-refractivity contribution in [2.24, 2.45) is 5.92 Å². The first kappa shape index (κ1) is 17.7. The molecule has 4 heterocycles. The van der Waals surface area contributed by atoms with Gasteiger partial charge in [0.25, 0.3) is 0 Å². The van der Waals surface area contributed by atoms with E-state index < -0.39 is 0 Å². The minimum atomic E-state index is -0.103. The normalized spacial score (nSPS) is 17.6. The summed E-state index contributed by atoms with van der Waals surface area (Å²) in [7, 11) is 0. The third-order valence-electron chi connectivity index (χ3n) is 5.20. The Kier molecular flexibility index (Phi) is 4.89. The molecule has 0 bridgehead atoms. The molecule has 0 spiro atoms. The van der Waals surface area contributed by atoms with Crippen LogP contribution in [0.2, 0.25) is 0 Å². The number of hydrogen-bond donors (Lipinski definition) is 1. The van der Waals surface area contributed by atoms with Gasteiger partial charge in [0.2, 0.25) is 5.91 Å². The van der Waals surface area contributed by atoms with Crippen molar-refractivity contribution in [1.29, 1.82) is 0 Å². The summed E-state index contributed by atoms with van der Waals surface area (Å²) in [6.07, 6.45) is 7.93. The maximum absolute atomic E-state index is 12.9. The van der Waals surface area contributed by atoms with Gasteiger partial charge < -0.3 is 14.4 Å². The molecule has 0 radical (unpaired) electrons. The van der Waals surface area contributed by atoms with Crippen LogP contribution >= 0.6 is 0 Å². The predicted octanol–water partition coefficient (Wildman–Crippen LogP) is 1.21. The van der Waals surface area contributed by atoms with Crippen LogP contribution in [0.1, 0.15) is 29.8 Å². The Morgan fingerprint density at radius 1 is 1.41 bits per heavy atom. The van der Waals surface area contributed by atoms with Gasteiger partial charge in [0.05, 0.1) is 24.9 Å². The van der Waals surface area contributed by atoms with Crippen molar-refractivity contribution in [3.63, 3.8) is 0 Å². The first-order valence-corrected chi connectivity index (χ1v) is 9.33. The predicted molar refractivity (Wildman–Crippen MR) is 98.9 cm³/mol. The summed E-state index contributed by atoms with van der Waals surface area (Å²) < 4.78 is 3.76. The van der Waals surface area contributed by atoms with E-state index in [0.717, 1.165) is 42.8 Å². The van der Waals surface area contributed by atoms with Gasteiger partial charge in [-0.25, -0.2) is 4.98 Å². The van der Waals surface area contributed by atoms with Crippen LogP contribution in [-0.2, 0) is 24.4 Å². The number of imidazole rings is 1. The number of pyridine rings is 1. The average Bonchev–Trinajstić information content (AvgIpc) is 3.30. The van der Waals surface area contributed by atoms with Gasteiger partial charge in [-0.1, -0.05) is 11.3 Å². The summed E-state index contributed by atoms with van der Waals surface area (Å²) in [6, 6.07) is 4.00. The van der Waals surface area contributed by atoms with Crippen LogP contribution in [0.5, 0.6) is 0 Å². The first-order valence-electron chi connectivity index (χ1n) is 9.33. The van der Waals surface area contributed by atoms with Gasteiger partial charge in [0, 0.05) is 32.0 Å². The third kappa shape index (κ3) is 3.71. The van der Waals surface area contributed by atoms with E-state index in [1.54, 1.807) is 17.1 Å². The Morgan fingerprint density at radius 2 is 2.30 bits per heavy atom. The molecule has 1 atom stereocenters. The minimum Gasteiger partial charge on any atom is -0.390 e. The maximum atomic E-state index is 12.9. The highest BCUT2D eigenvalue weighted by Gasteiger charge is 2.25. The van der Waals surface area contributed by atoms with Crippen molar-refractivity contribution in [1.82, 2.24) is 29.3 Å². The smallest absolute Gasteiger partial charge is 0.228 e. The number of likely N-dealkylation sites (tertiary alicyclic amines) is 1. The number of fused-ring (bicyclic) bond motifs is 1. The molecule has 0 aliphatic carbocycles. The molecule has 1 amide bonds. The van der Waals surface area contributed by atoms with Crippen LogP contribution in [0.15, 0.2) is 30.7 Å². The largest absolute Gasteiger partial charge is 0.390 e. The number of aryl methyl sites for hydroxylation is 1. The lowest BCUT2D eigenvalue weighted by Crippen LogP contribution is -2.42. The fraction of sp³-hybridized carbons (Fsp3) is 0.474. The van der Waals surface area contributed by atoms with Crippen LogP contribution in [0.25, 0.3) is 5.65 Å². The summed E-state index contributed by atoms with van der Waals surface area (Å²) in [5.41, 5.74) is 3.50. The quantitative estimate of drug-likeness (QED) is 0.731. The van der Waals surface area contributed by atoms with Crippen LogP contribution in [0, 0.1) is 12.8 Å². The lowest BCUT2D eigenvalue weighted by molar-refractivity contribution is -0.132. The van der Waals surface area contributed by atoms with Gasteiger partial charge >= 0.3 is 0 Å². The summed E-state index contributed by atoms with van der Waals surface area (Å²) in [5.74, 6) is 0.484. The number of aliphatic hydroxyl groups excluding tert-OH is 1. The summed E-state index contributed by atoms with van der Waals surface area (Å²) >= 11 is 0. The van der Waals surface area contributed by atoms with Crippen molar-refractivity contribution < 1.29 is 9.90 Å². The standard InChI is InChI=1S/C19H24N6O2/c1-14-4-2-7-25-17(9-20-19(14)25)8-18(27)23-6-3-5-15(10-23)11-24-12-16(13-26)21-22-24/h2,4,7,9,12,15,26H,3,5-6,8,10-11,13H2,1H3/t15-/m1/s1. The number of carbonyl (C=O) groups excluding carboxylic acids is 1. The Bertz CT molecular complexity index is 947. The Balaban J connectivity index is 1.41. The molecule has 1 saturated heterocycles. The summed E-state index contributed by atoms with van der Waals surface area (Å²) in [4.78, 5) is 19.3. The number of piperidine rings is 1. The fourth-order valence-electron chi connectivity index (χ4n) is 3.81. The molecule has 142 valence electrons. The molecule has 1 N–H and O–H groups in total. The van der Waals surface area contributed by atoms with Gasteiger partial charge in [0.1, 0.15) is 11.3 Å². The fourth-order valence-corrected chi connectivity index (χ4v) is 3.81. The molecule has 1 aliphatic rings.